The third kappa shape index (κ3) is 4.54. The standard InChI is InChI=1S/C15H21N5O3S/c1-10-18-19-15(20(10)16)24-9-14(21)17-7-6-11-4-5-12(22-2)13(8-11)23-3/h4-5,8H,6-7,9,16H2,1-3H3,(H,17,21). The van der Waals surface area contributed by atoms with Crippen LogP contribution in [0.1, 0.15) is 11.4 Å². The quantitative estimate of drug-likeness (QED) is 0.534. The Labute approximate surface area is 144 Å². The molecule has 24 heavy (non-hydrogen) atoms. The maximum Gasteiger partial charge on any atom is 0.230 e. The summed E-state index contributed by atoms with van der Waals surface area (Å²) < 4.78 is 11.8. The Morgan fingerprint density at radius 2 is 2.04 bits per heavy atom. The van der Waals surface area contributed by atoms with Gasteiger partial charge in [-0.25, -0.2) is 4.68 Å². The SMILES string of the molecule is COc1ccc(CCNC(=O)CSc2nnc(C)n2N)cc1OC. The van der Waals surface area contributed by atoms with Crippen molar-refractivity contribution in [2.75, 3.05) is 32.4 Å². The topological polar surface area (TPSA) is 104 Å². The summed E-state index contributed by atoms with van der Waals surface area (Å²) in [6, 6.07) is 5.70. The largest absolute Gasteiger partial charge is 0.493 e. The lowest BCUT2D eigenvalue weighted by Gasteiger charge is -2.10. The van der Waals surface area contributed by atoms with E-state index in [1.165, 1.54) is 16.4 Å². The van der Waals surface area contributed by atoms with Crippen LogP contribution in [0, 0.1) is 6.92 Å². The smallest absolute Gasteiger partial charge is 0.230 e. The Bertz CT molecular complexity index is 704. The summed E-state index contributed by atoms with van der Waals surface area (Å²) >= 11 is 1.25. The van der Waals surface area contributed by atoms with Crippen LogP contribution in [0.5, 0.6) is 11.5 Å². The van der Waals surface area contributed by atoms with Gasteiger partial charge in [0.05, 0.1) is 20.0 Å². The van der Waals surface area contributed by atoms with Crippen LogP contribution in [0.4, 0.5) is 0 Å². The van der Waals surface area contributed by atoms with E-state index in [0.717, 1.165) is 5.56 Å². The number of aromatic nitrogens is 3. The molecule has 0 fully saturated rings. The molecule has 0 aliphatic carbocycles. The molecule has 0 aliphatic heterocycles. The number of methoxy groups -OCH3 is 2. The molecule has 8 nitrogen and oxygen atoms in total. The van der Waals surface area contributed by atoms with Crippen LogP contribution in [-0.2, 0) is 11.2 Å². The fraction of sp³-hybridized carbons (Fsp3) is 0.400. The number of ether oxygens (including phenoxy) is 2. The van der Waals surface area contributed by atoms with E-state index in [1.807, 2.05) is 18.2 Å². The molecule has 1 aromatic carbocycles. The summed E-state index contributed by atoms with van der Waals surface area (Å²) in [4.78, 5) is 11.9. The number of nitrogens with one attached hydrogen (secondary N) is 1. The summed E-state index contributed by atoms with van der Waals surface area (Å²) in [7, 11) is 3.19. The van der Waals surface area contributed by atoms with Crippen LogP contribution in [0.2, 0.25) is 0 Å². The van der Waals surface area contributed by atoms with Crippen LogP contribution in [-0.4, -0.2) is 47.3 Å². The second-order valence-corrected chi connectivity index (χ2v) is 5.92. The monoisotopic (exact) mass is 351 g/mol. The molecular formula is C15H21N5O3S. The van der Waals surface area contributed by atoms with Crippen LogP contribution < -0.4 is 20.6 Å². The molecule has 0 saturated carbocycles. The summed E-state index contributed by atoms with van der Waals surface area (Å²) in [5, 5.41) is 11.1. The molecule has 0 atom stereocenters. The molecule has 0 saturated heterocycles. The van der Waals surface area contributed by atoms with Crippen molar-refractivity contribution < 1.29 is 14.3 Å². The van der Waals surface area contributed by atoms with Crippen LogP contribution >= 0.6 is 11.8 Å². The van der Waals surface area contributed by atoms with Gasteiger partial charge in [0.2, 0.25) is 11.1 Å². The Morgan fingerprint density at radius 3 is 2.67 bits per heavy atom. The number of amides is 1. The van der Waals surface area contributed by atoms with Crippen molar-refractivity contribution in [1.29, 1.82) is 0 Å². The lowest BCUT2D eigenvalue weighted by molar-refractivity contribution is -0.118. The van der Waals surface area contributed by atoms with Gasteiger partial charge in [-0.2, -0.15) is 0 Å². The minimum atomic E-state index is -0.0823. The Kier molecular flexibility index (Phi) is 6.30. The van der Waals surface area contributed by atoms with Gasteiger partial charge in [0.15, 0.2) is 11.5 Å². The molecule has 0 radical (unpaired) electrons. The molecular weight excluding hydrogens is 330 g/mol. The second kappa shape index (κ2) is 8.44. The average molecular weight is 351 g/mol. The van der Waals surface area contributed by atoms with E-state index in [9.17, 15) is 4.79 Å². The lowest BCUT2D eigenvalue weighted by atomic mass is 10.1. The number of carbonyl (C=O) groups excluding carboxylic acids is 1. The van der Waals surface area contributed by atoms with E-state index in [0.29, 0.717) is 35.4 Å². The van der Waals surface area contributed by atoms with Gasteiger partial charge < -0.3 is 20.6 Å². The van der Waals surface area contributed by atoms with Gasteiger partial charge in [-0.15, -0.1) is 10.2 Å². The lowest BCUT2D eigenvalue weighted by Crippen LogP contribution is -2.27. The van der Waals surface area contributed by atoms with Crippen molar-refractivity contribution in [3.8, 4) is 11.5 Å². The van der Waals surface area contributed by atoms with Crippen molar-refractivity contribution in [3.63, 3.8) is 0 Å². The highest BCUT2D eigenvalue weighted by molar-refractivity contribution is 7.99. The summed E-state index contributed by atoms with van der Waals surface area (Å²) in [5.74, 6) is 7.85. The first-order valence-corrected chi connectivity index (χ1v) is 8.31. The van der Waals surface area contributed by atoms with Gasteiger partial charge in [-0.05, 0) is 31.0 Å². The number of nitrogen functional groups attached to an aromatic ring is 1. The highest BCUT2D eigenvalue weighted by Gasteiger charge is 2.10. The number of rotatable bonds is 8. The molecule has 3 N–H and O–H groups in total. The van der Waals surface area contributed by atoms with E-state index in [1.54, 1.807) is 21.1 Å². The van der Waals surface area contributed by atoms with Crippen molar-refractivity contribution in [1.82, 2.24) is 20.2 Å². The number of thioether (sulfide) groups is 1. The summed E-state index contributed by atoms with van der Waals surface area (Å²) in [6.07, 6.45) is 0.697. The Hall–Kier alpha value is -2.42. The number of carbonyl (C=O) groups is 1. The number of hydrogen-bond donors (Lipinski definition) is 2. The van der Waals surface area contributed by atoms with Crippen LogP contribution in [0.3, 0.4) is 0 Å². The maximum absolute atomic E-state index is 11.9. The fourth-order valence-electron chi connectivity index (χ4n) is 2.01. The molecule has 0 bridgehead atoms. The van der Waals surface area contributed by atoms with Crippen molar-refractivity contribution >= 4 is 17.7 Å². The number of benzene rings is 1. The number of nitrogens with zero attached hydrogens (tertiary/aromatic N) is 3. The molecule has 9 heteroatoms. The van der Waals surface area contributed by atoms with Crippen molar-refractivity contribution in [2.45, 2.75) is 18.5 Å². The van der Waals surface area contributed by atoms with E-state index in [4.69, 9.17) is 15.3 Å². The van der Waals surface area contributed by atoms with Gasteiger partial charge in [0.25, 0.3) is 0 Å². The molecule has 2 aromatic rings. The second-order valence-electron chi connectivity index (χ2n) is 4.98. The van der Waals surface area contributed by atoms with Gasteiger partial charge >= 0.3 is 0 Å². The molecule has 0 spiro atoms. The minimum absolute atomic E-state index is 0.0823. The van der Waals surface area contributed by atoms with Crippen LogP contribution in [0.25, 0.3) is 0 Å². The molecule has 0 unspecified atom stereocenters. The average Bonchev–Trinajstić information content (AvgIpc) is 2.91. The first-order valence-electron chi connectivity index (χ1n) is 7.32. The molecule has 2 rings (SSSR count). The van der Waals surface area contributed by atoms with Crippen molar-refractivity contribution in [3.05, 3.63) is 29.6 Å². The number of aryl methyl sites for hydroxylation is 1. The highest BCUT2D eigenvalue weighted by atomic mass is 32.2. The van der Waals surface area contributed by atoms with Gasteiger partial charge in [0, 0.05) is 6.54 Å². The molecule has 1 aromatic heterocycles. The fourth-order valence-corrected chi connectivity index (χ4v) is 2.74. The maximum atomic E-state index is 11.9. The van der Waals surface area contributed by atoms with E-state index < -0.39 is 0 Å². The van der Waals surface area contributed by atoms with E-state index in [-0.39, 0.29) is 11.7 Å². The highest BCUT2D eigenvalue weighted by Crippen LogP contribution is 2.27. The first-order chi connectivity index (χ1) is 11.5. The summed E-state index contributed by atoms with van der Waals surface area (Å²) in [5.41, 5.74) is 1.05. The predicted molar refractivity (Wildman–Crippen MR) is 91.9 cm³/mol. The van der Waals surface area contributed by atoms with Gasteiger partial charge in [0.1, 0.15) is 5.82 Å². The third-order valence-electron chi connectivity index (χ3n) is 3.35. The zero-order valence-electron chi connectivity index (χ0n) is 13.9. The van der Waals surface area contributed by atoms with Gasteiger partial charge in [-0.3, -0.25) is 4.79 Å². The van der Waals surface area contributed by atoms with E-state index in [2.05, 4.69) is 15.5 Å². The first kappa shape index (κ1) is 17.9. The zero-order chi connectivity index (χ0) is 17.5. The third-order valence-corrected chi connectivity index (χ3v) is 4.29. The predicted octanol–water partition coefficient (Wildman–Crippen LogP) is 0.769. The molecule has 0 aliphatic rings. The molecule has 1 heterocycles. The number of nitrogens with two attached hydrogens (primary N) is 1. The number of hydrogen-bond acceptors (Lipinski definition) is 7. The normalized spacial score (nSPS) is 10.5. The van der Waals surface area contributed by atoms with E-state index >= 15 is 0 Å². The Balaban J connectivity index is 1.77. The van der Waals surface area contributed by atoms with Crippen LogP contribution in [0.15, 0.2) is 23.4 Å². The van der Waals surface area contributed by atoms with Gasteiger partial charge in [-0.1, -0.05) is 17.8 Å². The molecule has 1 amide bonds. The Morgan fingerprint density at radius 1 is 1.29 bits per heavy atom. The molecule has 130 valence electrons. The zero-order valence-corrected chi connectivity index (χ0v) is 14.7. The van der Waals surface area contributed by atoms with Crippen molar-refractivity contribution in [2.24, 2.45) is 0 Å². The minimum Gasteiger partial charge on any atom is -0.493 e. The summed E-state index contributed by atoms with van der Waals surface area (Å²) in [6.45, 7) is 2.28.